The molecular formula is C11H9Ir2N+6. The molecule has 70 valence electrons. The summed E-state index contributed by atoms with van der Waals surface area (Å²) in [6, 6.07) is 14.2. The van der Waals surface area contributed by atoms with E-state index in [1.807, 2.05) is 30.5 Å². The third-order valence-corrected chi connectivity index (χ3v) is 1.77. The van der Waals surface area contributed by atoms with Gasteiger partial charge in [-0.2, -0.15) is 0 Å². The van der Waals surface area contributed by atoms with Gasteiger partial charge in [-0.05, 0) is 17.2 Å². The van der Waals surface area contributed by atoms with Crippen LogP contribution in [0.25, 0.3) is 11.1 Å². The Morgan fingerprint density at radius 3 is 1.93 bits per heavy atom. The summed E-state index contributed by atoms with van der Waals surface area (Å²) in [5.74, 6) is 0. The Morgan fingerprint density at radius 2 is 1.36 bits per heavy atom. The second kappa shape index (κ2) is 7.03. The maximum absolute atomic E-state index is 4.06. The SMILES string of the molecule is [Ir+3].[Ir+3].c1ccc(-c2cccnc2)cc1. The zero-order valence-corrected chi connectivity index (χ0v) is 12.1. The van der Waals surface area contributed by atoms with Crippen LogP contribution < -0.4 is 0 Å². The number of rotatable bonds is 1. The molecular weight excluding hydrogens is 531 g/mol. The van der Waals surface area contributed by atoms with Crippen LogP contribution in [0.5, 0.6) is 0 Å². The van der Waals surface area contributed by atoms with Gasteiger partial charge in [-0.15, -0.1) is 0 Å². The average molecular weight is 540 g/mol. The molecule has 0 radical (unpaired) electrons. The van der Waals surface area contributed by atoms with Crippen molar-refractivity contribution in [2.45, 2.75) is 0 Å². The first kappa shape index (κ1) is 13.7. The van der Waals surface area contributed by atoms with Crippen molar-refractivity contribution >= 4 is 0 Å². The summed E-state index contributed by atoms with van der Waals surface area (Å²) in [6.45, 7) is 0. The van der Waals surface area contributed by atoms with Crippen LogP contribution in [0, 0.1) is 0 Å². The minimum atomic E-state index is 0. The second-order valence-electron chi connectivity index (χ2n) is 2.61. The number of aromatic nitrogens is 1. The Hall–Kier alpha value is -0.331. The van der Waals surface area contributed by atoms with E-state index in [-0.39, 0.29) is 40.2 Å². The van der Waals surface area contributed by atoms with Crippen molar-refractivity contribution in [3.63, 3.8) is 0 Å². The van der Waals surface area contributed by atoms with Crippen LogP contribution in [-0.4, -0.2) is 4.98 Å². The predicted molar refractivity (Wildman–Crippen MR) is 49.7 cm³/mol. The molecule has 2 rings (SSSR count). The fourth-order valence-electron chi connectivity index (χ4n) is 1.16. The first-order valence-corrected chi connectivity index (χ1v) is 3.92. The van der Waals surface area contributed by atoms with E-state index < -0.39 is 0 Å². The molecule has 2 aromatic rings. The van der Waals surface area contributed by atoms with Crippen molar-refractivity contribution in [3.8, 4) is 11.1 Å². The number of nitrogens with zero attached hydrogens (tertiary/aromatic N) is 1. The van der Waals surface area contributed by atoms with Gasteiger partial charge >= 0.3 is 40.2 Å². The molecule has 0 N–H and O–H groups in total. The Bertz CT molecular complexity index is 311. The largest absolute Gasteiger partial charge is 3.00 e. The summed E-state index contributed by atoms with van der Waals surface area (Å²) in [5.41, 5.74) is 2.38. The third-order valence-electron chi connectivity index (χ3n) is 1.77. The first-order valence-electron chi connectivity index (χ1n) is 3.92. The minimum Gasteiger partial charge on any atom is -0.264 e. The van der Waals surface area contributed by atoms with Gasteiger partial charge in [0.15, 0.2) is 0 Å². The van der Waals surface area contributed by atoms with Crippen molar-refractivity contribution in [1.82, 2.24) is 4.98 Å². The summed E-state index contributed by atoms with van der Waals surface area (Å²) < 4.78 is 0. The molecule has 1 nitrogen and oxygen atoms in total. The fraction of sp³-hybridized carbons (Fsp3) is 0. The molecule has 1 heterocycles. The van der Waals surface area contributed by atoms with Gasteiger partial charge in [-0.1, -0.05) is 36.4 Å². The van der Waals surface area contributed by atoms with E-state index in [4.69, 9.17) is 0 Å². The van der Waals surface area contributed by atoms with Crippen molar-refractivity contribution in [1.29, 1.82) is 0 Å². The molecule has 1 aromatic carbocycles. The molecule has 3 heteroatoms. The third kappa shape index (κ3) is 3.43. The van der Waals surface area contributed by atoms with Gasteiger partial charge in [0.25, 0.3) is 0 Å². The van der Waals surface area contributed by atoms with E-state index in [2.05, 4.69) is 23.2 Å². The molecule has 0 aliphatic carbocycles. The van der Waals surface area contributed by atoms with Gasteiger partial charge in [-0.3, -0.25) is 4.98 Å². The van der Waals surface area contributed by atoms with Gasteiger partial charge in [0.2, 0.25) is 0 Å². The number of pyridine rings is 1. The van der Waals surface area contributed by atoms with Gasteiger partial charge in [0.1, 0.15) is 0 Å². The summed E-state index contributed by atoms with van der Waals surface area (Å²) >= 11 is 0. The summed E-state index contributed by atoms with van der Waals surface area (Å²) in [7, 11) is 0. The molecule has 0 spiro atoms. The van der Waals surface area contributed by atoms with E-state index in [1.165, 1.54) is 5.56 Å². The Labute approximate surface area is 111 Å². The molecule has 0 fully saturated rings. The smallest absolute Gasteiger partial charge is 0.264 e. The number of hydrogen-bond acceptors (Lipinski definition) is 1. The van der Waals surface area contributed by atoms with Crippen LogP contribution in [0.3, 0.4) is 0 Å². The summed E-state index contributed by atoms with van der Waals surface area (Å²) in [6.07, 6.45) is 3.65. The van der Waals surface area contributed by atoms with E-state index in [0.717, 1.165) is 5.56 Å². The summed E-state index contributed by atoms with van der Waals surface area (Å²) in [4.78, 5) is 4.06. The monoisotopic (exact) mass is 541 g/mol. The molecule has 0 amide bonds. The topological polar surface area (TPSA) is 12.9 Å². The quantitative estimate of drug-likeness (QED) is 0.544. The molecule has 0 unspecified atom stereocenters. The normalized spacial score (nSPS) is 8.29. The molecule has 0 bridgehead atoms. The zero-order valence-electron chi connectivity index (χ0n) is 7.31. The van der Waals surface area contributed by atoms with Crippen LogP contribution in [0.1, 0.15) is 0 Å². The second-order valence-corrected chi connectivity index (χ2v) is 2.61. The van der Waals surface area contributed by atoms with Crippen LogP contribution in [0.15, 0.2) is 54.9 Å². The first-order chi connectivity index (χ1) is 5.97. The fourth-order valence-corrected chi connectivity index (χ4v) is 1.16. The van der Waals surface area contributed by atoms with E-state index in [0.29, 0.717) is 0 Å². The Kier molecular flexibility index (Phi) is 6.86. The van der Waals surface area contributed by atoms with E-state index >= 15 is 0 Å². The number of benzene rings is 1. The predicted octanol–water partition coefficient (Wildman–Crippen LogP) is 2.74. The molecule has 1 aromatic heterocycles. The molecule has 14 heavy (non-hydrogen) atoms. The van der Waals surface area contributed by atoms with Gasteiger partial charge in [-0.25, -0.2) is 0 Å². The van der Waals surface area contributed by atoms with Crippen molar-refractivity contribution in [2.75, 3.05) is 0 Å². The average Bonchev–Trinajstić information content (AvgIpc) is 2.21. The standard InChI is InChI=1S/C11H9N.2Ir/c1-2-5-10(6-3-1)11-7-4-8-12-9-11;;/h1-9H;;/q;2*+3. The van der Waals surface area contributed by atoms with E-state index in [1.54, 1.807) is 6.20 Å². The number of hydrogen-bond donors (Lipinski definition) is 0. The molecule has 0 atom stereocenters. The van der Waals surface area contributed by atoms with Crippen LogP contribution in [-0.2, 0) is 40.2 Å². The Balaban J connectivity index is 0.000000845. The van der Waals surface area contributed by atoms with Crippen molar-refractivity contribution in [2.24, 2.45) is 0 Å². The molecule has 0 saturated carbocycles. The molecule has 0 aliphatic heterocycles. The van der Waals surface area contributed by atoms with Crippen LogP contribution in [0.4, 0.5) is 0 Å². The van der Waals surface area contributed by atoms with Crippen molar-refractivity contribution < 1.29 is 40.2 Å². The maximum atomic E-state index is 4.06. The summed E-state index contributed by atoms with van der Waals surface area (Å²) in [5, 5.41) is 0. The maximum Gasteiger partial charge on any atom is 3.00 e. The molecule has 0 aliphatic rings. The van der Waals surface area contributed by atoms with Gasteiger partial charge < -0.3 is 0 Å². The van der Waals surface area contributed by atoms with Gasteiger partial charge in [0, 0.05) is 12.4 Å². The van der Waals surface area contributed by atoms with Crippen LogP contribution >= 0.6 is 0 Å². The van der Waals surface area contributed by atoms with E-state index in [9.17, 15) is 0 Å². The zero-order chi connectivity index (χ0) is 8.23. The molecule has 0 saturated heterocycles. The van der Waals surface area contributed by atoms with Crippen LogP contribution in [0.2, 0.25) is 0 Å². The Morgan fingerprint density at radius 1 is 0.714 bits per heavy atom. The van der Waals surface area contributed by atoms with Crippen molar-refractivity contribution in [3.05, 3.63) is 54.9 Å². The minimum absolute atomic E-state index is 0. The van der Waals surface area contributed by atoms with Gasteiger partial charge in [0.05, 0.1) is 0 Å².